The summed E-state index contributed by atoms with van der Waals surface area (Å²) in [5.74, 6) is 0.159. The summed E-state index contributed by atoms with van der Waals surface area (Å²) < 4.78 is 21.5. The SMILES string of the molecule is [C-]#[N+]c1c(F)ccc([C@@H]2CN3CCN(C(=O)Cc4ccc(-n5cnnn5)nc4C)C[C@H]3CO2)c1C. The van der Waals surface area contributed by atoms with Crippen molar-refractivity contribution in [2.75, 3.05) is 32.8 Å². The van der Waals surface area contributed by atoms with Crippen molar-refractivity contribution in [1.82, 2.24) is 35.0 Å². The highest BCUT2D eigenvalue weighted by atomic mass is 19.1. The van der Waals surface area contributed by atoms with Crippen molar-refractivity contribution in [1.29, 1.82) is 0 Å². The Kier molecular flexibility index (Phi) is 6.23. The topological polar surface area (TPSA) is 93.6 Å². The highest BCUT2D eigenvalue weighted by Crippen LogP contribution is 2.34. The van der Waals surface area contributed by atoms with E-state index in [9.17, 15) is 9.18 Å². The lowest BCUT2D eigenvalue weighted by atomic mass is 9.98. The molecule has 0 N–H and O–H groups in total. The molecule has 1 amide bonds. The van der Waals surface area contributed by atoms with Crippen molar-refractivity contribution in [3.63, 3.8) is 0 Å². The van der Waals surface area contributed by atoms with Gasteiger partial charge in [0.05, 0.1) is 31.7 Å². The molecule has 10 nitrogen and oxygen atoms in total. The standard InChI is InChI=1S/C24H25FN8O2/c1-15-19(5-6-20(25)24(15)26-3)21-12-31-8-9-32(11-18(31)13-35-21)23(34)10-17-4-7-22(28-16(17)2)33-14-27-29-30-33/h4-7,14,18,21H,8-13H2,1-2H3/t18-,21-/m0/s1. The minimum Gasteiger partial charge on any atom is -0.371 e. The molecular formula is C24H25FN8O2. The summed E-state index contributed by atoms with van der Waals surface area (Å²) in [6.07, 6.45) is 1.53. The molecule has 180 valence electrons. The number of morpholine rings is 1. The molecule has 0 radical (unpaired) electrons. The van der Waals surface area contributed by atoms with E-state index >= 15 is 0 Å². The minimum absolute atomic E-state index is 0.0550. The average molecular weight is 477 g/mol. The normalized spacial score (nSPS) is 20.3. The van der Waals surface area contributed by atoms with Crippen LogP contribution in [0.5, 0.6) is 0 Å². The molecule has 2 aliphatic rings. The molecule has 2 aliphatic heterocycles. The number of pyridine rings is 1. The van der Waals surface area contributed by atoms with Crippen molar-refractivity contribution in [2.45, 2.75) is 32.4 Å². The van der Waals surface area contributed by atoms with Crippen LogP contribution in [0.2, 0.25) is 0 Å². The molecule has 2 aromatic heterocycles. The summed E-state index contributed by atoms with van der Waals surface area (Å²) in [6, 6.07) is 6.85. The third-order valence-corrected chi connectivity index (χ3v) is 6.84. The fraction of sp³-hybridized carbons (Fsp3) is 0.417. The van der Waals surface area contributed by atoms with Gasteiger partial charge in [-0.2, -0.15) is 4.68 Å². The third kappa shape index (κ3) is 4.50. The number of ether oxygens (including phenoxy) is 1. The fourth-order valence-electron chi connectivity index (χ4n) is 4.80. The summed E-state index contributed by atoms with van der Waals surface area (Å²) in [5, 5.41) is 11.1. The predicted octanol–water partition coefficient (Wildman–Crippen LogP) is 2.19. The van der Waals surface area contributed by atoms with Gasteiger partial charge in [-0.15, -0.1) is 5.10 Å². The number of amides is 1. The Balaban J connectivity index is 1.21. The van der Waals surface area contributed by atoms with Crippen LogP contribution in [-0.4, -0.2) is 79.7 Å². The molecule has 0 bridgehead atoms. The molecule has 11 heteroatoms. The van der Waals surface area contributed by atoms with Gasteiger partial charge >= 0.3 is 0 Å². The van der Waals surface area contributed by atoms with E-state index in [0.717, 1.165) is 23.4 Å². The summed E-state index contributed by atoms with van der Waals surface area (Å²) in [4.78, 5) is 25.2. The first-order chi connectivity index (χ1) is 16.9. The van der Waals surface area contributed by atoms with Gasteiger partial charge in [-0.3, -0.25) is 9.69 Å². The highest BCUT2D eigenvalue weighted by Gasteiger charge is 2.36. The quantitative estimate of drug-likeness (QED) is 0.533. The van der Waals surface area contributed by atoms with Crippen LogP contribution < -0.4 is 0 Å². The van der Waals surface area contributed by atoms with E-state index in [0.29, 0.717) is 37.6 Å². The Hall–Kier alpha value is -3.75. The highest BCUT2D eigenvalue weighted by molar-refractivity contribution is 5.79. The number of nitrogens with zero attached hydrogens (tertiary/aromatic N) is 8. The van der Waals surface area contributed by atoms with Gasteiger partial charge in [0.25, 0.3) is 0 Å². The van der Waals surface area contributed by atoms with E-state index in [1.807, 2.05) is 17.9 Å². The fourth-order valence-corrected chi connectivity index (χ4v) is 4.80. The molecule has 5 rings (SSSR count). The number of aryl methyl sites for hydroxylation is 1. The Labute approximate surface area is 202 Å². The second-order valence-corrected chi connectivity index (χ2v) is 8.88. The summed E-state index contributed by atoms with van der Waals surface area (Å²) >= 11 is 0. The number of tetrazole rings is 1. The Bertz CT molecular complexity index is 1290. The smallest absolute Gasteiger partial charge is 0.227 e. The first kappa shape index (κ1) is 23.0. The number of hydrogen-bond acceptors (Lipinski definition) is 7. The predicted molar refractivity (Wildman–Crippen MR) is 123 cm³/mol. The van der Waals surface area contributed by atoms with Crippen molar-refractivity contribution in [3.05, 3.63) is 70.2 Å². The Morgan fingerprint density at radius 1 is 1.23 bits per heavy atom. The number of aromatic nitrogens is 5. The molecule has 2 atom stereocenters. The molecule has 2 saturated heterocycles. The minimum atomic E-state index is -0.502. The van der Waals surface area contributed by atoms with Gasteiger partial charge in [-0.05, 0) is 53.1 Å². The van der Waals surface area contributed by atoms with E-state index in [-0.39, 0.29) is 30.2 Å². The van der Waals surface area contributed by atoms with E-state index < -0.39 is 5.82 Å². The molecule has 0 spiro atoms. The van der Waals surface area contributed by atoms with Crippen LogP contribution in [0, 0.1) is 26.2 Å². The maximum absolute atomic E-state index is 13.9. The number of hydrogen-bond donors (Lipinski definition) is 0. The lowest BCUT2D eigenvalue weighted by Crippen LogP contribution is -2.59. The van der Waals surface area contributed by atoms with E-state index in [4.69, 9.17) is 11.3 Å². The zero-order valence-corrected chi connectivity index (χ0v) is 19.6. The van der Waals surface area contributed by atoms with Gasteiger partial charge < -0.3 is 9.64 Å². The average Bonchev–Trinajstić information content (AvgIpc) is 3.40. The summed E-state index contributed by atoms with van der Waals surface area (Å²) in [6.45, 7) is 14.0. The first-order valence-corrected chi connectivity index (χ1v) is 11.4. The number of halogens is 1. The van der Waals surface area contributed by atoms with Crippen molar-refractivity contribution < 1.29 is 13.9 Å². The monoisotopic (exact) mass is 476 g/mol. The molecule has 0 saturated carbocycles. The van der Waals surface area contributed by atoms with Gasteiger partial charge in [0, 0.05) is 31.9 Å². The number of benzene rings is 1. The second-order valence-electron chi connectivity index (χ2n) is 8.88. The number of carbonyl (C=O) groups excluding carboxylic acids is 1. The van der Waals surface area contributed by atoms with E-state index in [1.165, 1.54) is 17.1 Å². The summed E-state index contributed by atoms with van der Waals surface area (Å²) in [7, 11) is 0. The molecule has 2 fully saturated rings. The molecule has 4 heterocycles. The van der Waals surface area contributed by atoms with Crippen LogP contribution in [0.15, 0.2) is 30.6 Å². The zero-order valence-electron chi connectivity index (χ0n) is 19.6. The lowest BCUT2D eigenvalue weighted by Gasteiger charge is -2.46. The molecular weight excluding hydrogens is 451 g/mol. The maximum Gasteiger partial charge on any atom is 0.227 e. The number of carbonyl (C=O) groups is 1. The van der Waals surface area contributed by atoms with E-state index in [1.54, 1.807) is 19.1 Å². The first-order valence-electron chi connectivity index (χ1n) is 11.4. The van der Waals surface area contributed by atoms with Crippen molar-refractivity contribution in [2.24, 2.45) is 0 Å². The lowest BCUT2D eigenvalue weighted by molar-refractivity contribution is -0.139. The molecule has 3 aromatic rings. The van der Waals surface area contributed by atoms with Gasteiger partial charge in [0.15, 0.2) is 5.82 Å². The van der Waals surface area contributed by atoms with Crippen LogP contribution in [0.3, 0.4) is 0 Å². The second kappa shape index (κ2) is 9.48. The van der Waals surface area contributed by atoms with Crippen LogP contribution in [0.25, 0.3) is 10.7 Å². The summed E-state index contributed by atoms with van der Waals surface area (Å²) in [5.41, 5.74) is 3.17. The van der Waals surface area contributed by atoms with Crippen molar-refractivity contribution >= 4 is 11.6 Å². The van der Waals surface area contributed by atoms with Gasteiger partial charge in [-0.25, -0.2) is 14.2 Å². The molecule has 1 aromatic carbocycles. The van der Waals surface area contributed by atoms with Crippen LogP contribution >= 0.6 is 0 Å². The van der Waals surface area contributed by atoms with E-state index in [2.05, 4.69) is 30.3 Å². The Morgan fingerprint density at radius 2 is 2.09 bits per heavy atom. The molecule has 35 heavy (non-hydrogen) atoms. The number of piperazine rings is 1. The number of fused-ring (bicyclic) bond motifs is 1. The van der Waals surface area contributed by atoms with Crippen molar-refractivity contribution in [3.8, 4) is 5.82 Å². The third-order valence-electron chi connectivity index (χ3n) is 6.84. The van der Waals surface area contributed by atoms with Gasteiger partial charge in [-0.1, -0.05) is 12.1 Å². The van der Waals surface area contributed by atoms with Crippen LogP contribution in [0.1, 0.15) is 28.5 Å². The van der Waals surface area contributed by atoms with Crippen LogP contribution in [-0.2, 0) is 16.0 Å². The largest absolute Gasteiger partial charge is 0.371 e. The molecule has 0 aliphatic carbocycles. The van der Waals surface area contributed by atoms with Gasteiger partial charge in [0.1, 0.15) is 12.1 Å². The zero-order chi connectivity index (χ0) is 24.5. The Morgan fingerprint density at radius 3 is 2.83 bits per heavy atom. The number of rotatable bonds is 4. The van der Waals surface area contributed by atoms with Gasteiger partial charge in [0.2, 0.25) is 11.6 Å². The maximum atomic E-state index is 13.9. The molecule has 0 unspecified atom stereocenters. The van der Waals surface area contributed by atoms with Crippen LogP contribution in [0.4, 0.5) is 10.1 Å².